The minimum absolute atomic E-state index is 0. The van der Waals surface area contributed by atoms with Crippen molar-refractivity contribution >= 4 is 45.1 Å². The van der Waals surface area contributed by atoms with Crippen LogP contribution in [0.5, 0.6) is 0 Å². The van der Waals surface area contributed by atoms with Gasteiger partial charge in [-0.1, -0.05) is 11.3 Å². The standard InChI is InChI=1S/C4H5N3O4S3.Na/c8-2(1-14(9,10)11)5-3-6-7-4(12)13-3;/h1H2,(H,7,12)(H,5,6,8)(H,9,10,11);/q;+1/p-1. The zero-order chi connectivity index (χ0) is 10.8. The fraction of sp³-hybridized carbons (Fsp3) is 0.250. The third kappa shape index (κ3) is 6.45. The number of anilines is 1. The molecule has 0 atom stereocenters. The first-order chi connectivity index (χ1) is 6.37. The number of nitrogens with zero attached hydrogens (tertiary/aromatic N) is 2. The topological polar surface area (TPSA) is 112 Å². The summed E-state index contributed by atoms with van der Waals surface area (Å²) in [5, 5.41) is 9.10. The molecule has 0 spiro atoms. The Morgan fingerprint density at radius 2 is 2.13 bits per heavy atom. The molecule has 1 aromatic rings. The number of hydrogen-bond acceptors (Lipinski definition) is 8. The molecule has 0 radical (unpaired) electrons. The predicted octanol–water partition coefficient (Wildman–Crippen LogP) is -3.69. The molecular weight excluding hydrogens is 273 g/mol. The number of amides is 1. The third-order valence-corrected chi connectivity index (χ3v) is 2.59. The van der Waals surface area contributed by atoms with Crippen LogP contribution in [0.15, 0.2) is 4.34 Å². The van der Waals surface area contributed by atoms with Gasteiger partial charge in [-0.25, -0.2) is 8.42 Å². The maximum absolute atomic E-state index is 10.9. The van der Waals surface area contributed by atoms with E-state index in [0.717, 1.165) is 11.3 Å². The van der Waals surface area contributed by atoms with E-state index < -0.39 is 21.8 Å². The van der Waals surface area contributed by atoms with E-state index in [-0.39, 0.29) is 34.7 Å². The molecule has 7 nitrogen and oxygen atoms in total. The van der Waals surface area contributed by atoms with Crippen LogP contribution in [0, 0.1) is 0 Å². The summed E-state index contributed by atoms with van der Waals surface area (Å²) in [5.41, 5.74) is 0. The molecule has 11 heteroatoms. The first-order valence-corrected chi connectivity index (χ1v) is 5.97. The summed E-state index contributed by atoms with van der Waals surface area (Å²) in [6.45, 7) is 0. The maximum Gasteiger partial charge on any atom is 1.00 e. The normalized spacial score (nSPS) is 10.5. The number of hydrogen-bond donors (Lipinski definition) is 2. The van der Waals surface area contributed by atoms with Crippen molar-refractivity contribution in [3.8, 4) is 0 Å². The summed E-state index contributed by atoms with van der Waals surface area (Å²) in [6.07, 6.45) is 0. The van der Waals surface area contributed by atoms with Crippen molar-refractivity contribution in [3.63, 3.8) is 0 Å². The Hall–Kier alpha value is 0.290. The molecule has 1 rings (SSSR count). The molecular formula is C4H4N3NaO4S3. The van der Waals surface area contributed by atoms with Crippen molar-refractivity contribution in [2.24, 2.45) is 0 Å². The van der Waals surface area contributed by atoms with Gasteiger partial charge in [0.25, 0.3) is 0 Å². The van der Waals surface area contributed by atoms with Crippen LogP contribution >= 0.6 is 24.0 Å². The first-order valence-electron chi connectivity index (χ1n) is 3.13. The second kappa shape index (κ2) is 6.13. The van der Waals surface area contributed by atoms with Crippen LogP contribution in [0.3, 0.4) is 0 Å². The number of aromatic nitrogens is 2. The average molecular weight is 277 g/mol. The second-order valence-corrected chi connectivity index (χ2v) is 5.25. The largest absolute Gasteiger partial charge is 1.00 e. The molecule has 0 saturated carbocycles. The average Bonchev–Trinajstić information content (AvgIpc) is 2.30. The van der Waals surface area contributed by atoms with Gasteiger partial charge in [-0.2, -0.15) is 0 Å². The number of rotatable bonds is 3. The van der Waals surface area contributed by atoms with E-state index in [4.69, 9.17) is 0 Å². The van der Waals surface area contributed by atoms with Crippen LogP contribution < -0.4 is 34.9 Å². The van der Waals surface area contributed by atoms with Gasteiger partial charge < -0.3 is 4.55 Å². The number of carbonyl (C=O) groups excluding carboxylic acids is 1. The molecule has 78 valence electrons. The van der Waals surface area contributed by atoms with E-state index in [1.807, 2.05) is 0 Å². The monoisotopic (exact) mass is 277 g/mol. The van der Waals surface area contributed by atoms with Crippen LogP contribution in [0.2, 0.25) is 0 Å². The van der Waals surface area contributed by atoms with E-state index in [1.165, 1.54) is 0 Å². The fourth-order valence-corrected chi connectivity index (χ4v) is 1.78. The molecule has 1 amide bonds. The van der Waals surface area contributed by atoms with Gasteiger partial charge in [0.05, 0.1) is 0 Å². The Morgan fingerprint density at radius 1 is 1.53 bits per heavy atom. The first kappa shape index (κ1) is 15.3. The summed E-state index contributed by atoms with van der Waals surface area (Å²) in [5.74, 6) is -2.06. The van der Waals surface area contributed by atoms with Gasteiger partial charge in [-0.05, 0) is 0 Å². The number of nitrogens with one attached hydrogen (secondary N) is 1. The molecule has 0 saturated heterocycles. The van der Waals surface area contributed by atoms with Crippen LogP contribution in [0.25, 0.3) is 0 Å². The SMILES string of the molecule is O=C(CS(=O)(=O)[O-])Nc1nnc(S)s1.[Na+]. The van der Waals surface area contributed by atoms with Crippen molar-refractivity contribution in [3.05, 3.63) is 0 Å². The Labute approximate surface area is 117 Å². The van der Waals surface area contributed by atoms with Gasteiger partial charge in [-0.15, -0.1) is 22.8 Å². The smallest absolute Gasteiger partial charge is 0.748 e. The molecule has 0 aromatic carbocycles. The zero-order valence-electron chi connectivity index (χ0n) is 7.50. The van der Waals surface area contributed by atoms with Gasteiger partial charge in [0.1, 0.15) is 15.9 Å². The Balaban J connectivity index is 0.00000196. The third-order valence-electron chi connectivity index (χ3n) is 0.969. The predicted molar refractivity (Wildman–Crippen MR) is 50.4 cm³/mol. The minimum atomic E-state index is -4.56. The molecule has 0 fully saturated rings. The number of thiol groups is 1. The second-order valence-electron chi connectivity index (χ2n) is 2.14. The molecule has 0 aliphatic rings. The molecule has 0 aliphatic heterocycles. The van der Waals surface area contributed by atoms with Crippen molar-refractivity contribution in [2.75, 3.05) is 11.1 Å². The Morgan fingerprint density at radius 3 is 2.53 bits per heavy atom. The fourth-order valence-electron chi connectivity index (χ4n) is 0.582. The van der Waals surface area contributed by atoms with Crippen LogP contribution in [0.4, 0.5) is 5.13 Å². The van der Waals surface area contributed by atoms with Gasteiger partial charge in [-0.3, -0.25) is 10.1 Å². The molecule has 1 heterocycles. The van der Waals surface area contributed by atoms with Crippen LogP contribution in [0.1, 0.15) is 0 Å². The van der Waals surface area contributed by atoms with Gasteiger partial charge >= 0.3 is 29.6 Å². The summed E-state index contributed by atoms with van der Waals surface area (Å²) in [6, 6.07) is 0. The van der Waals surface area contributed by atoms with Gasteiger partial charge in [0.15, 0.2) is 4.34 Å². The van der Waals surface area contributed by atoms with Crippen molar-refractivity contribution < 1.29 is 47.3 Å². The van der Waals surface area contributed by atoms with Crippen LogP contribution in [-0.2, 0) is 14.9 Å². The quantitative estimate of drug-likeness (QED) is 0.255. The summed E-state index contributed by atoms with van der Waals surface area (Å²) >= 11 is 4.78. The van der Waals surface area contributed by atoms with Crippen molar-refractivity contribution in [2.45, 2.75) is 4.34 Å². The summed E-state index contributed by atoms with van der Waals surface area (Å²) in [4.78, 5) is 10.9. The molecule has 1 N–H and O–H groups in total. The summed E-state index contributed by atoms with van der Waals surface area (Å²) < 4.78 is 30.8. The summed E-state index contributed by atoms with van der Waals surface area (Å²) in [7, 11) is -4.56. The van der Waals surface area contributed by atoms with Gasteiger partial charge in [0.2, 0.25) is 11.0 Å². The van der Waals surface area contributed by atoms with E-state index in [9.17, 15) is 17.8 Å². The Kier molecular flexibility index (Phi) is 6.25. The molecule has 1 aromatic heterocycles. The van der Waals surface area contributed by atoms with Gasteiger partial charge in [0, 0.05) is 0 Å². The minimum Gasteiger partial charge on any atom is -0.748 e. The van der Waals surface area contributed by atoms with E-state index in [2.05, 4.69) is 28.1 Å². The molecule has 0 aliphatic carbocycles. The molecule has 0 bridgehead atoms. The van der Waals surface area contributed by atoms with Crippen LogP contribution in [-0.4, -0.2) is 34.8 Å². The molecule has 15 heavy (non-hydrogen) atoms. The van der Waals surface area contributed by atoms with E-state index in [0.29, 0.717) is 4.34 Å². The number of carbonyl (C=O) groups is 1. The van der Waals surface area contributed by atoms with E-state index in [1.54, 1.807) is 0 Å². The van der Waals surface area contributed by atoms with Crippen molar-refractivity contribution in [1.82, 2.24) is 10.2 Å². The molecule has 0 unspecified atom stereocenters. The van der Waals surface area contributed by atoms with Crippen molar-refractivity contribution in [1.29, 1.82) is 0 Å². The Bertz CT molecular complexity index is 444. The zero-order valence-corrected chi connectivity index (χ0v) is 12.0. The van der Waals surface area contributed by atoms with E-state index >= 15 is 0 Å². The maximum atomic E-state index is 10.9.